The Labute approximate surface area is 124 Å². The molecule has 77 valence electrons. The summed E-state index contributed by atoms with van der Waals surface area (Å²) in [5, 5.41) is 13.6. The molecule has 0 aliphatic carbocycles. The summed E-state index contributed by atoms with van der Waals surface area (Å²) in [7, 11) is 0. The monoisotopic (exact) mass is 418 g/mol. The van der Waals surface area contributed by atoms with Gasteiger partial charge in [-0.2, -0.15) is 0 Å². The van der Waals surface area contributed by atoms with Gasteiger partial charge in [0, 0.05) is 49.6 Å². The number of aromatic hydroxyl groups is 1. The molecule has 0 bridgehead atoms. The third-order valence-electron chi connectivity index (χ3n) is 2.38. The zero-order valence-corrected chi connectivity index (χ0v) is 13.0. The number of carbonyl (C=O) groups excluding carboxylic acids is 1. The maximum Gasteiger partial charge on any atom is 0.176 e. The van der Waals surface area contributed by atoms with Crippen molar-refractivity contribution in [3.63, 3.8) is 0 Å². The number of phenolic OH excluding ortho intramolecular Hbond substituents is 1. The van der Waals surface area contributed by atoms with Gasteiger partial charge in [-0.05, 0) is 24.1 Å². The van der Waals surface area contributed by atoms with E-state index in [-0.39, 0.29) is 62.1 Å². The van der Waals surface area contributed by atoms with E-state index in [2.05, 4.69) is 5.32 Å². The Balaban J connectivity index is 0.00000112. The molecule has 0 unspecified atom stereocenters. The molecule has 5 heteroatoms. The molecule has 0 atom stereocenters. The van der Waals surface area contributed by atoms with Gasteiger partial charge in [-0.15, -0.1) is 6.54 Å². The molecule has 1 aromatic rings. The zero-order valence-electron chi connectivity index (χ0n) is 8.23. The first-order chi connectivity index (χ1) is 6.74. The summed E-state index contributed by atoms with van der Waals surface area (Å²) in [6.07, 6.45) is 0.713. The fraction of sp³-hybridized carbons (Fsp3) is 0.300. The van der Waals surface area contributed by atoms with Gasteiger partial charge in [-0.25, -0.2) is 0 Å². The van der Waals surface area contributed by atoms with Crippen molar-refractivity contribution in [2.24, 2.45) is 5.73 Å². The quantitative estimate of drug-likeness (QED) is 0.707. The third-order valence-corrected chi connectivity index (χ3v) is 2.38. The Morgan fingerprint density at radius 1 is 1.53 bits per heavy atom. The van der Waals surface area contributed by atoms with Crippen molar-refractivity contribution >= 4 is 11.5 Å². The summed E-state index contributed by atoms with van der Waals surface area (Å²) in [6.45, 7) is 0.634. The van der Waals surface area contributed by atoms with Crippen molar-refractivity contribution in [3.05, 3.63) is 28.6 Å². The van der Waals surface area contributed by atoms with Crippen LogP contribution in [0.5, 0.6) is 5.75 Å². The Morgan fingerprint density at radius 3 is 2.93 bits per heavy atom. The first-order valence-corrected chi connectivity index (χ1v) is 4.49. The van der Waals surface area contributed by atoms with E-state index in [9.17, 15) is 9.90 Å². The normalized spacial score (nSPS) is 12.6. The molecule has 0 aromatic heterocycles. The van der Waals surface area contributed by atoms with Gasteiger partial charge in [-0.1, -0.05) is 5.69 Å². The van der Waals surface area contributed by atoms with E-state index >= 15 is 0 Å². The molecule has 4 nitrogen and oxygen atoms in total. The van der Waals surface area contributed by atoms with Crippen molar-refractivity contribution in [1.82, 2.24) is 0 Å². The molecule has 1 aliphatic rings. The van der Waals surface area contributed by atoms with Crippen LogP contribution in [-0.4, -0.2) is 24.0 Å². The Hall–Kier alpha value is -0.108. The van der Waals surface area contributed by atoms with E-state index in [1.54, 1.807) is 6.07 Å². The molecular formula is C10H11AcN2O2-. The predicted molar refractivity (Wildman–Crippen MR) is 53.1 cm³/mol. The van der Waals surface area contributed by atoms with Gasteiger partial charge in [0.1, 0.15) is 5.75 Å². The summed E-state index contributed by atoms with van der Waals surface area (Å²) in [5.74, 6) is 0.0458. The number of phenols is 1. The molecule has 1 aliphatic heterocycles. The van der Waals surface area contributed by atoms with Crippen molar-refractivity contribution in [1.29, 1.82) is 0 Å². The molecule has 3 N–H and O–H groups in total. The number of benzene rings is 1. The summed E-state index contributed by atoms with van der Waals surface area (Å²) < 4.78 is 0. The van der Waals surface area contributed by atoms with Crippen LogP contribution in [0.25, 0.3) is 5.32 Å². The van der Waals surface area contributed by atoms with Crippen LogP contribution in [0.15, 0.2) is 12.1 Å². The van der Waals surface area contributed by atoms with E-state index in [0.717, 1.165) is 5.56 Å². The van der Waals surface area contributed by atoms with E-state index < -0.39 is 0 Å². The molecule has 15 heavy (non-hydrogen) atoms. The number of Topliss-reactive ketones (excluding diaryl/α,β-unsaturated/α-hetero) is 1. The van der Waals surface area contributed by atoms with E-state index in [0.29, 0.717) is 24.2 Å². The van der Waals surface area contributed by atoms with Gasteiger partial charge in [0.25, 0.3) is 0 Å². The predicted octanol–water partition coefficient (Wildman–Crippen LogP) is 1.09. The molecule has 2 rings (SSSR count). The second-order valence-electron chi connectivity index (χ2n) is 3.22. The smallest absolute Gasteiger partial charge is 0.176 e. The molecular weight excluding hydrogens is 407 g/mol. The molecule has 0 fully saturated rings. The van der Waals surface area contributed by atoms with E-state index in [4.69, 9.17) is 5.73 Å². The molecule has 1 radical (unpaired) electrons. The standard InChI is InChI=1S/C10H11N2O2.Ac/c11-5-9(14)6-1-2-8(13)10-7(6)3-4-12-10;/h1-2H,3-5,11H2,(H,13,14);/q-1;. The van der Waals surface area contributed by atoms with Crippen LogP contribution in [0, 0.1) is 44.1 Å². The first kappa shape index (κ1) is 13.0. The molecule has 0 saturated carbocycles. The maximum absolute atomic E-state index is 11.4. The molecule has 1 aromatic carbocycles. The second-order valence-corrected chi connectivity index (χ2v) is 3.22. The number of carbonyl (C=O) groups is 1. The maximum atomic E-state index is 11.4. The average Bonchev–Trinajstić information content (AvgIpc) is 2.67. The van der Waals surface area contributed by atoms with E-state index in [1.807, 2.05) is 0 Å². The van der Waals surface area contributed by atoms with Gasteiger partial charge >= 0.3 is 0 Å². The number of nitrogens with zero attached hydrogens (tertiary/aromatic N) is 1. The van der Waals surface area contributed by atoms with Crippen LogP contribution in [-0.2, 0) is 6.42 Å². The largest absolute Gasteiger partial charge is 0.681 e. The Kier molecular flexibility index (Phi) is 4.57. The van der Waals surface area contributed by atoms with Gasteiger partial charge in [-0.3, -0.25) is 4.79 Å². The van der Waals surface area contributed by atoms with Crippen molar-refractivity contribution in [2.75, 3.05) is 13.1 Å². The van der Waals surface area contributed by atoms with Crippen molar-refractivity contribution in [2.45, 2.75) is 6.42 Å². The van der Waals surface area contributed by atoms with Crippen LogP contribution >= 0.6 is 0 Å². The SMILES string of the molecule is NCC(=O)c1ccc(O)c2c1CC[N-]2.[Ac]. The minimum Gasteiger partial charge on any atom is -0.681 e. The summed E-state index contributed by atoms with van der Waals surface area (Å²) in [5.41, 5.74) is 7.29. The Bertz CT molecular complexity index is 393. The minimum absolute atomic E-state index is 0. The molecule has 0 saturated heterocycles. The van der Waals surface area contributed by atoms with Gasteiger partial charge in [0.15, 0.2) is 5.78 Å². The number of hydrogen-bond acceptors (Lipinski definition) is 3. The summed E-state index contributed by atoms with van der Waals surface area (Å²) in [4.78, 5) is 11.4. The van der Waals surface area contributed by atoms with Crippen LogP contribution in [0.4, 0.5) is 5.69 Å². The third kappa shape index (κ3) is 2.35. The minimum atomic E-state index is -0.0987. The molecule has 0 amide bonds. The number of ketones is 1. The van der Waals surface area contributed by atoms with Crippen molar-refractivity contribution in [3.8, 4) is 5.75 Å². The Morgan fingerprint density at radius 2 is 2.27 bits per heavy atom. The second kappa shape index (κ2) is 5.29. The number of fused-ring (bicyclic) bond motifs is 1. The molecule has 1 heterocycles. The zero-order chi connectivity index (χ0) is 10.1. The van der Waals surface area contributed by atoms with E-state index in [1.165, 1.54) is 6.07 Å². The van der Waals surface area contributed by atoms with Gasteiger partial charge in [0.05, 0.1) is 6.54 Å². The summed E-state index contributed by atoms with van der Waals surface area (Å²) in [6, 6.07) is 3.11. The van der Waals surface area contributed by atoms with Crippen LogP contribution < -0.4 is 5.73 Å². The summed E-state index contributed by atoms with van der Waals surface area (Å²) >= 11 is 0. The number of rotatable bonds is 2. The van der Waals surface area contributed by atoms with Gasteiger partial charge in [0.2, 0.25) is 0 Å². The van der Waals surface area contributed by atoms with Gasteiger partial charge < -0.3 is 16.2 Å². The van der Waals surface area contributed by atoms with Crippen LogP contribution in [0.2, 0.25) is 0 Å². The molecule has 0 spiro atoms. The first-order valence-electron chi connectivity index (χ1n) is 4.49. The fourth-order valence-corrected chi connectivity index (χ4v) is 1.70. The fourth-order valence-electron chi connectivity index (χ4n) is 1.70. The van der Waals surface area contributed by atoms with Crippen LogP contribution in [0.3, 0.4) is 0 Å². The van der Waals surface area contributed by atoms with Crippen LogP contribution in [0.1, 0.15) is 15.9 Å². The topological polar surface area (TPSA) is 77.4 Å². The average molecular weight is 418 g/mol. The number of nitrogens with two attached hydrogens (primary N) is 1. The number of hydrogen-bond donors (Lipinski definition) is 2. The van der Waals surface area contributed by atoms with Crippen molar-refractivity contribution < 1.29 is 54.0 Å².